The lowest BCUT2D eigenvalue weighted by Crippen LogP contribution is -2.02. The number of thioether (sulfide) groups is 2. The highest BCUT2D eigenvalue weighted by Crippen LogP contribution is 2.32. The van der Waals surface area contributed by atoms with E-state index in [4.69, 9.17) is 0 Å². The van der Waals surface area contributed by atoms with Gasteiger partial charge >= 0.3 is 0 Å². The van der Waals surface area contributed by atoms with Gasteiger partial charge in [0.25, 0.3) is 0 Å². The van der Waals surface area contributed by atoms with Crippen LogP contribution in [-0.2, 0) is 4.79 Å². The van der Waals surface area contributed by atoms with Gasteiger partial charge in [-0.2, -0.15) is 10.2 Å². The molecule has 0 unspecified atom stereocenters. The van der Waals surface area contributed by atoms with Crippen LogP contribution in [0.1, 0.15) is 26.7 Å². The zero-order valence-electron chi connectivity index (χ0n) is 14.2. The summed E-state index contributed by atoms with van der Waals surface area (Å²) in [6.45, 7) is 3.96. The van der Waals surface area contributed by atoms with Crippen molar-refractivity contribution in [1.82, 2.24) is 10.0 Å². The Balaban J connectivity index is 1.69. The lowest BCUT2D eigenvalue weighted by Gasteiger charge is -2.06. The van der Waals surface area contributed by atoms with Crippen molar-refractivity contribution >= 4 is 39.4 Å². The molecule has 0 N–H and O–H groups in total. The number of rotatable bonds is 2. The van der Waals surface area contributed by atoms with Gasteiger partial charge < -0.3 is 0 Å². The average Bonchev–Trinajstić information content (AvgIpc) is 3.13. The molecule has 0 saturated heterocycles. The molecule has 0 atom stereocenters. The van der Waals surface area contributed by atoms with Crippen LogP contribution in [0.3, 0.4) is 0 Å². The number of hydrogen-bond donors (Lipinski definition) is 0. The Labute approximate surface area is 150 Å². The van der Waals surface area contributed by atoms with Gasteiger partial charge in [-0.25, -0.2) is 0 Å². The number of hydrazone groups is 2. The van der Waals surface area contributed by atoms with Crippen LogP contribution in [0.2, 0.25) is 0 Å². The second-order valence-corrected chi connectivity index (χ2v) is 8.14. The van der Waals surface area contributed by atoms with E-state index in [1.807, 2.05) is 62.3 Å². The Morgan fingerprint density at radius 1 is 0.833 bits per heavy atom. The molecule has 0 amide bonds. The predicted octanol–water partition coefficient (Wildman–Crippen LogP) is 3.91. The predicted molar refractivity (Wildman–Crippen MR) is 103 cm³/mol. The number of Topliss-reactive ketones (excluding diaryl/α,β-unsaturated/α-hetero) is 1. The van der Waals surface area contributed by atoms with E-state index in [0.29, 0.717) is 0 Å². The molecule has 3 rings (SSSR count). The van der Waals surface area contributed by atoms with E-state index < -0.39 is 0 Å². The highest BCUT2D eigenvalue weighted by atomic mass is 32.2. The Kier molecular flexibility index (Phi) is 5.01. The SMILES string of the molecule is CC1=NN(C)/C(=C/C=C2\CC/C(=C\C=C3/SC(C)=NN3C)C2=O)S1. The lowest BCUT2D eigenvalue weighted by atomic mass is 10.1. The van der Waals surface area contributed by atoms with Crippen LogP contribution in [-0.4, -0.2) is 40.0 Å². The third-order valence-corrected chi connectivity index (χ3v) is 5.80. The number of carbonyl (C=O) groups is 1. The lowest BCUT2D eigenvalue weighted by molar-refractivity contribution is -0.111. The Morgan fingerprint density at radius 3 is 1.58 bits per heavy atom. The first-order valence-electron chi connectivity index (χ1n) is 7.74. The van der Waals surface area contributed by atoms with E-state index in [1.54, 1.807) is 23.5 Å². The smallest absolute Gasteiger partial charge is 0.185 e. The third-order valence-electron chi connectivity index (χ3n) is 3.83. The van der Waals surface area contributed by atoms with E-state index in [1.165, 1.54) is 0 Å². The third kappa shape index (κ3) is 3.67. The summed E-state index contributed by atoms with van der Waals surface area (Å²) in [5.74, 6) is 0.148. The molecule has 24 heavy (non-hydrogen) atoms. The second kappa shape index (κ2) is 7.03. The van der Waals surface area contributed by atoms with Gasteiger partial charge in [0.15, 0.2) is 5.78 Å². The zero-order valence-corrected chi connectivity index (χ0v) is 15.9. The van der Waals surface area contributed by atoms with Crippen LogP contribution >= 0.6 is 23.5 Å². The molecule has 2 heterocycles. The quantitative estimate of drug-likeness (QED) is 0.699. The monoisotopic (exact) mass is 360 g/mol. The van der Waals surface area contributed by atoms with Crippen LogP contribution in [0.4, 0.5) is 0 Å². The molecule has 7 heteroatoms. The molecule has 0 radical (unpaired) electrons. The fraction of sp³-hybridized carbons (Fsp3) is 0.353. The van der Waals surface area contributed by atoms with Gasteiger partial charge in [-0.1, -0.05) is 35.7 Å². The summed E-state index contributed by atoms with van der Waals surface area (Å²) < 4.78 is 0. The largest absolute Gasteiger partial charge is 0.289 e. The zero-order chi connectivity index (χ0) is 17.3. The molecule has 0 spiro atoms. The van der Waals surface area contributed by atoms with Gasteiger partial charge in [0.05, 0.1) is 20.1 Å². The van der Waals surface area contributed by atoms with E-state index >= 15 is 0 Å². The van der Waals surface area contributed by atoms with Gasteiger partial charge in [-0.15, -0.1) is 0 Å². The average molecular weight is 361 g/mol. The fourth-order valence-corrected chi connectivity index (χ4v) is 4.19. The van der Waals surface area contributed by atoms with Crippen molar-refractivity contribution in [1.29, 1.82) is 0 Å². The second-order valence-electron chi connectivity index (χ2n) is 5.71. The van der Waals surface area contributed by atoms with Gasteiger partial charge in [0, 0.05) is 25.2 Å². The summed E-state index contributed by atoms with van der Waals surface area (Å²) in [4.78, 5) is 12.5. The highest BCUT2D eigenvalue weighted by Gasteiger charge is 2.23. The highest BCUT2D eigenvalue weighted by molar-refractivity contribution is 8.17. The molecule has 1 aliphatic carbocycles. The maximum absolute atomic E-state index is 12.5. The number of carbonyl (C=O) groups excluding carboxylic acids is 1. The first kappa shape index (κ1) is 17.1. The first-order valence-corrected chi connectivity index (χ1v) is 9.37. The van der Waals surface area contributed by atoms with Crippen LogP contribution in [0, 0.1) is 0 Å². The van der Waals surface area contributed by atoms with E-state index in [2.05, 4.69) is 10.2 Å². The number of nitrogens with zero attached hydrogens (tertiary/aromatic N) is 4. The van der Waals surface area contributed by atoms with Gasteiger partial charge in [0.2, 0.25) is 0 Å². The first-order chi connectivity index (χ1) is 11.4. The van der Waals surface area contributed by atoms with Gasteiger partial charge in [-0.05, 0) is 38.8 Å². The van der Waals surface area contributed by atoms with Crippen molar-refractivity contribution in [2.45, 2.75) is 26.7 Å². The van der Waals surface area contributed by atoms with Crippen molar-refractivity contribution in [2.75, 3.05) is 14.1 Å². The minimum absolute atomic E-state index is 0.148. The van der Waals surface area contributed by atoms with Gasteiger partial charge in [0.1, 0.15) is 0 Å². The molecule has 2 aliphatic heterocycles. The van der Waals surface area contributed by atoms with Crippen molar-refractivity contribution in [3.05, 3.63) is 45.5 Å². The Hall–Kier alpha value is -1.73. The van der Waals surface area contributed by atoms with Crippen LogP contribution in [0.15, 0.2) is 55.7 Å². The molecular formula is C17H20N4OS2. The van der Waals surface area contributed by atoms with Crippen molar-refractivity contribution in [2.24, 2.45) is 10.2 Å². The molecule has 1 saturated carbocycles. The molecule has 1 fully saturated rings. The molecular weight excluding hydrogens is 340 g/mol. The summed E-state index contributed by atoms with van der Waals surface area (Å²) in [6.07, 6.45) is 9.43. The van der Waals surface area contributed by atoms with Crippen LogP contribution < -0.4 is 0 Å². The number of ketones is 1. The summed E-state index contributed by atoms with van der Waals surface area (Å²) in [6, 6.07) is 0. The number of hydrogen-bond acceptors (Lipinski definition) is 7. The molecule has 5 nitrogen and oxygen atoms in total. The summed E-state index contributed by atoms with van der Waals surface area (Å²) in [5, 5.41) is 16.5. The molecule has 126 valence electrons. The van der Waals surface area contributed by atoms with Crippen LogP contribution in [0.5, 0.6) is 0 Å². The summed E-state index contributed by atoms with van der Waals surface area (Å²) in [7, 11) is 3.84. The Morgan fingerprint density at radius 2 is 1.25 bits per heavy atom. The molecule has 3 aliphatic rings. The molecule has 0 aromatic carbocycles. The minimum atomic E-state index is 0.148. The topological polar surface area (TPSA) is 48.3 Å². The summed E-state index contributed by atoms with van der Waals surface area (Å²) in [5.41, 5.74) is 1.73. The fourth-order valence-electron chi connectivity index (χ4n) is 2.64. The van der Waals surface area contributed by atoms with Crippen LogP contribution in [0.25, 0.3) is 0 Å². The standard InChI is InChI=1S/C17H20N4OS2/c1-11-18-20(3)15(23-11)9-7-13-5-6-14(17(13)22)8-10-16-21(4)19-12(2)24-16/h7-10H,5-6H2,1-4H3/b13-7+,14-8+,15-9-,16-10-. The summed E-state index contributed by atoms with van der Waals surface area (Å²) >= 11 is 3.25. The van der Waals surface area contributed by atoms with E-state index in [9.17, 15) is 4.79 Å². The van der Waals surface area contributed by atoms with Crippen molar-refractivity contribution in [3.63, 3.8) is 0 Å². The van der Waals surface area contributed by atoms with E-state index in [-0.39, 0.29) is 5.78 Å². The van der Waals surface area contributed by atoms with Crippen molar-refractivity contribution in [3.8, 4) is 0 Å². The number of allylic oxidation sites excluding steroid dienone is 6. The minimum Gasteiger partial charge on any atom is -0.289 e. The molecule has 0 aromatic rings. The van der Waals surface area contributed by atoms with Gasteiger partial charge in [-0.3, -0.25) is 14.8 Å². The Bertz CT molecular complexity index is 697. The molecule has 0 bridgehead atoms. The van der Waals surface area contributed by atoms with Crippen molar-refractivity contribution < 1.29 is 4.79 Å². The normalized spacial score (nSPS) is 28.1. The molecule has 0 aromatic heterocycles. The van der Waals surface area contributed by atoms with E-state index in [0.717, 1.165) is 44.1 Å². The maximum Gasteiger partial charge on any atom is 0.185 e. The maximum atomic E-state index is 12.5.